The van der Waals surface area contributed by atoms with Crippen molar-refractivity contribution in [2.75, 3.05) is 11.9 Å². The molecular weight excluding hydrogens is 210 g/mol. The van der Waals surface area contributed by atoms with Crippen LogP contribution in [0.4, 0.5) is 5.69 Å². The van der Waals surface area contributed by atoms with Gasteiger partial charge in [0.05, 0.1) is 0 Å². The summed E-state index contributed by atoms with van der Waals surface area (Å²) < 4.78 is 0. The predicted molar refractivity (Wildman–Crippen MR) is 58.1 cm³/mol. The van der Waals surface area contributed by atoms with Gasteiger partial charge in [-0.2, -0.15) is 0 Å². The maximum atomic E-state index is 10.9. The number of hydrogen-bond acceptors (Lipinski definition) is 3. The van der Waals surface area contributed by atoms with Crippen molar-refractivity contribution in [3.8, 4) is 0 Å². The molecule has 0 saturated heterocycles. The molecule has 86 valence electrons. The Kier molecular flexibility index (Phi) is 4.47. The number of nitrogens with one attached hydrogen (secondary N) is 1. The highest BCUT2D eigenvalue weighted by Gasteiger charge is 2.02. The van der Waals surface area contributed by atoms with E-state index in [9.17, 15) is 9.59 Å². The van der Waals surface area contributed by atoms with Gasteiger partial charge in [-0.05, 0) is 24.1 Å². The zero-order valence-corrected chi connectivity index (χ0v) is 8.64. The summed E-state index contributed by atoms with van der Waals surface area (Å²) >= 11 is 0. The van der Waals surface area contributed by atoms with Crippen molar-refractivity contribution in [3.05, 3.63) is 29.8 Å². The molecule has 0 atom stereocenters. The molecule has 5 nitrogen and oxygen atoms in total. The van der Waals surface area contributed by atoms with Gasteiger partial charge >= 0.3 is 5.97 Å². The van der Waals surface area contributed by atoms with Crippen LogP contribution < -0.4 is 5.32 Å². The Hall–Kier alpha value is -1.88. The summed E-state index contributed by atoms with van der Waals surface area (Å²) in [4.78, 5) is 21.3. The second-order valence-electron chi connectivity index (χ2n) is 3.30. The number of aliphatic hydroxyl groups excluding tert-OH is 1. The molecule has 0 aliphatic carbocycles. The number of carbonyl (C=O) groups excluding carboxylic acids is 1. The van der Waals surface area contributed by atoms with Crippen LogP contribution in [0.1, 0.15) is 12.0 Å². The number of carbonyl (C=O) groups is 2. The minimum Gasteiger partial charge on any atom is -0.481 e. The molecule has 0 radical (unpaired) electrons. The maximum absolute atomic E-state index is 10.9. The Bertz CT molecular complexity index is 389. The fourth-order valence-corrected chi connectivity index (χ4v) is 1.26. The Balaban J connectivity index is 2.63. The first-order valence-corrected chi connectivity index (χ1v) is 4.83. The SMILES string of the molecule is O=C(O)CCc1cccc(NC(=O)CO)c1. The van der Waals surface area contributed by atoms with Gasteiger partial charge < -0.3 is 15.5 Å². The summed E-state index contributed by atoms with van der Waals surface area (Å²) in [6.07, 6.45) is 0.468. The number of aryl methyl sites for hydroxylation is 1. The Morgan fingerprint density at radius 2 is 2.06 bits per heavy atom. The molecule has 5 heteroatoms. The minimum absolute atomic E-state index is 0.0530. The number of rotatable bonds is 5. The summed E-state index contributed by atoms with van der Waals surface area (Å²) in [5.74, 6) is -1.35. The lowest BCUT2D eigenvalue weighted by Crippen LogP contribution is -2.15. The van der Waals surface area contributed by atoms with Crippen molar-refractivity contribution < 1.29 is 19.8 Å². The average molecular weight is 223 g/mol. The lowest BCUT2D eigenvalue weighted by Gasteiger charge is -2.05. The van der Waals surface area contributed by atoms with Gasteiger partial charge in [0.2, 0.25) is 5.91 Å². The number of benzene rings is 1. The molecule has 1 rings (SSSR count). The summed E-state index contributed by atoms with van der Waals surface area (Å²) in [7, 11) is 0. The van der Waals surface area contributed by atoms with Gasteiger partial charge in [0.25, 0.3) is 0 Å². The van der Waals surface area contributed by atoms with E-state index in [4.69, 9.17) is 10.2 Å². The zero-order chi connectivity index (χ0) is 12.0. The maximum Gasteiger partial charge on any atom is 0.303 e. The van der Waals surface area contributed by atoms with Gasteiger partial charge in [-0.15, -0.1) is 0 Å². The number of carboxylic acids is 1. The molecule has 0 aliphatic rings. The first-order chi connectivity index (χ1) is 7.61. The Labute approximate surface area is 92.7 Å². The van der Waals surface area contributed by atoms with Gasteiger partial charge in [0, 0.05) is 12.1 Å². The van der Waals surface area contributed by atoms with Gasteiger partial charge in [-0.3, -0.25) is 9.59 Å². The van der Waals surface area contributed by atoms with E-state index in [1.54, 1.807) is 24.3 Å². The van der Waals surface area contributed by atoms with Gasteiger partial charge in [-0.25, -0.2) is 0 Å². The summed E-state index contributed by atoms with van der Waals surface area (Å²) in [6.45, 7) is -0.570. The van der Waals surface area contributed by atoms with E-state index in [1.165, 1.54) is 0 Å². The molecule has 0 heterocycles. The normalized spacial score (nSPS) is 9.81. The highest BCUT2D eigenvalue weighted by atomic mass is 16.4. The molecule has 0 bridgehead atoms. The van der Waals surface area contributed by atoms with Crippen molar-refractivity contribution >= 4 is 17.6 Å². The summed E-state index contributed by atoms with van der Waals surface area (Å²) in [5, 5.41) is 19.6. The van der Waals surface area contributed by atoms with Crippen LogP contribution in [0.3, 0.4) is 0 Å². The Morgan fingerprint density at radius 1 is 1.31 bits per heavy atom. The highest BCUT2D eigenvalue weighted by molar-refractivity contribution is 5.91. The van der Waals surface area contributed by atoms with Gasteiger partial charge in [0.15, 0.2) is 0 Å². The van der Waals surface area contributed by atoms with Crippen LogP contribution in [0.25, 0.3) is 0 Å². The molecule has 16 heavy (non-hydrogen) atoms. The van der Waals surface area contributed by atoms with Crippen LogP contribution >= 0.6 is 0 Å². The number of amides is 1. The largest absolute Gasteiger partial charge is 0.481 e. The molecule has 3 N–H and O–H groups in total. The highest BCUT2D eigenvalue weighted by Crippen LogP contribution is 2.12. The first kappa shape index (κ1) is 12.2. The first-order valence-electron chi connectivity index (χ1n) is 4.83. The predicted octanol–water partition coefficient (Wildman–Crippen LogP) is 0.635. The van der Waals surface area contributed by atoms with E-state index >= 15 is 0 Å². The van der Waals surface area contributed by atoms with Crippen molar-refractivity contribution in [2.45, 2.75) is 12.8 Å². The third-order valence-electron chi connectivity index (χ3n) is 1.98. The lowest BCUT2D eigenvalue weighted by atomic mass is 10.1. The molecule has 0 spiro atoms. The van der Waals surface area contributed by atoms with E-state index in [2.05, 4.69) is 5.32 Å². The monoisotopic (exact) mass is 223 g/mol. The van der Waals surface area contributed by atoms with E-state index in [0.717, 1.165) is 5.56 Å². The van der Waals surface area contributed by atoms with Crippen molar-refractivity contribution in [2.24, 2.45) is 0 Å². The molecule has 0 unspecified atom stereocenters. The topological polar surface area (TPSA) is 86.6 Å². The minimum atomic E-state index is -0.857. The van der Waals surface area contributed by atoms with Crippen LogP contribution in [-0.2, 0) is 16.0 Å². The summed E-state index contributed by atoms with van der Waals surface area (Å²) in [6, 6.07) is 6.88. The van der Waals surface area contributed by atoms with Crippen LogP contribution in [0.5, 0.6) is 0 Å². The number of carboxylic acid groups (broad SMARTS) is 1. The number of anilines is 1. The van der Waals surface area contributed by atoms with Crippen molar-refractivity contribution in [1.82, 2.24) is 0 Å². The molecule has 1 amide bonds. The number of aliphatic hydroxyl groups is 1. The third kappa shape index (κ3) is 4.10. The smallest absolute Gasteiger partial charge is 0.303 e. The Morgan fingerprint density at radius 3 is 2.69 bits per heavy atom. The molecule has 0 aliphatic heterocycles. The number of hydrogen-bond donors (Lipinski definition) is 3. The molecule has 1 aromatic rings. The summed E-state index contributed by atoms with van der Waals surface area (Å²) in [5.41, 5.74) is 1.39. The second-order valence-corrected chi connectivity index (χ2v) is 3.30. The molecule has 0 aromatic heterocycles. The van der Waals surface area contributed by atoms with E-state index in [1.807, 2.05) is 0 Å². The fourth-order valence-electron chi connectivity index (χ4n) is 1.26. The zero-order valence-electron chi connectivity index (χ0n) is 8.64. The molecule has 0 fully saturated rings. The van der Waals surface area contributed by atoms with E-state index in [0.29, 0.717) is 12.1 Å². The van der Waals surface area contributed by atoms with E-state index < -0.39 is 18.5 Å². The van der Waals surface area contributed by atoms with Crippen LogP contribution in [0, 0.1) is 0 Å². The third-order valence-corrected chi connectivity index (χ3v) is 1.98. The van der Waals surface area contributed by atoms with E-state index in [-0.39, 0.29) is 6.42 Å². The van der Waals surface area contributed by atoms with Crippen LogP contribution in [0.2, 0.25) is 0 Å². The van der Waals surface area contributed by atoms with Crippen molar-refractivity contribution in [3.63, 3.8) is 0 Å². The molecule has 0 saturated carbocycles. The molecule has 1 aromatic carbocycles. The quantitative estimate of drug-likeness (QED) is 0.683. The number of aliphatic carboxylic acids is 1. The van der Waals surface area contributed by atoms with Crippen LogP contribution in [0.15, 0.2) is 24.3 Å². The van der Waals surface area contributed by atoms with Gasteiger partial charge in [-0.1, -0.05) is 12.1 Å². The standard InChI is InChI=1S/C11H13NO4/c13-7-10(14)12-9-3-1-2-8(6-9)4-5-11(15)16/h1-3,6,13H,4-5,7H2,(H,12,14)(H,15,16). The molecular formula is C11H13NO4. The van der Waals surface area contributed by atoms with Gasteiger partial charge in [0.1, 0.15) is 6.61 Å². The average Bonchev–Trinajstić information content (AvgIpc) is 2.26. The second kappa shape index (κ2) is 5.87. The lowest BCUT2D eigenvalue weighted by molar-refractivity contribution is -0.137. The van der Waals surface area contributed by atoms with Crippen molar-refractivity contribution in [1.29, 1.82) is 0 Å². The van der Waals surface area contributed by atoms with Crippen LogP contribution in [-0.4, -0.2) is 28.7 Å². The fraction of sp³-hybridized carbons (Fsp3) is 0.273.